The van der Waals surface area contributed by atoms with Crippen molar-refractivity contribution in [1.82, 2.24) is 10.3 Å². The largest absolute Gasteiger partial charge is 0.467 e. The van der Waals surface area contributed by atoms with Gasteiger partial charge in [-0.15, -0.1) is 0 Å². The zero-order valence-corrected chi connectivity index (χ0v) is 12.4. The van der Waals surface area contributed by atoms with Crippen LogP contribution < -0.4 is 5.32 Å². The van der Waals surface area contributed by atoms with E-state index in [9.17, 15) is 19.7 Å². The first-order valence-electron chi connectivity index (χ1n) is 5.96. The van der Waals surface area contributed by atoms with E-state index in [0.29, 0.717) is 0 Å². The van der Waals surface area contributed by atoms with Gasteiger partial charge in [0, 0.05) is 0 Å². The average molecular weight is 316 g/mol. The van der Waals surface area contributed by atoms with E-state index in [1.165, 1.54) is 7.11 Å². The lowest BCUT2D eigenvalue weighted by molar-refractivity contribution is -0.385. The van der Waals surface area contributed by atoms with Gasteiger partial charge in [0.25, 0.3) is 11.6 Å². The van der Waals surface area contributed by atoms with Crippen LogP contribution in [0.4, 0.5) is 5.69 Å². The van der Waals surface area contributed by atoms with E-state index in [-0.39, 0.29) is 16.6 Å². The van der Waals surface area contributed by atoms with Crippen molar-refractivity contribution < 1.29 is 19.2 Å². The molecule has 0 radical (unpaired) electrons. The Morgan fingerprint density at radius 3 is 2.57 bits per heavy atom. The van der Waals surface area contributed by atoms with Gasteiger partial charge in [0.2, 0.25) is 0 Å². The molecule has 1 aromatic rings. The Kier molecular flexibility index (Phi) is 5.60. The van der Waals surface area contributed by atoms with Crippen LogP contribution in [0, 0.1) is 16.0 Å². The van der Waals surface area contributed by atoms with E-state index in [2.05, 4.69) is 15.0 Å². The Bertz CT molecular complexity index is 576. The van der Waals surface area contributed by atoms with Crippen molar-refractivity contribution in [2.24, 2.45) is 5.92 Å². The number of methoxy groups -OCH3 is 1. The summed E-state index contributed by atoms with van der Waals surface area (Å²) in [6.45, 7) is 3.41. The molecule has 21 heavy (non-hydrogen) atoms. The Hall–Kier alpha value is -2.22. The lowest BCUT2D eigenvalue weighted by Gasteiger charge is -2.19. The fraction of sp³-hybridized carbons (Fsp3) is 0.417. The van der Waals surface area contributed by atoms with E-state index in [4.69, 9.17) is 11.6 Å². The second-order valence-electron chi connectivity index (χ2n) is 4.50. The van der Waals surface area contributed by atoms with Crippen LogP contribution in [0.15, 0.2) is 12.3 Å². The second kappa shape index (κ2) is 6.98. The van der Waals surface area contributed by atoms with Crippen LogP contribution in [0.1, 0.15) is 24.2 Å². The summed E-state index contributed by atoms with van der Waals surface area (Å²) in [4.78, 5) is 37.5. The number of rotatable bonds is 5. The zero-order chi connectivity index (χ0) is 16.2. The molecule has 1 amide bonds. The summed E-state index contributed by atoms with van der Waals surface area (Å²) in [5.74, 6) is -1.69. The van der Waals surface area contributed by atoms with Crippen molar-refractivity contribution in [1.29, 1.82) is 0 Å². The van der Waals surface area contributed by atoms with Gasteiger partial charge in [0.05, 0.1) is 12.0 Å². The maximum Gasteiger partial charge on any atom is 0.328 e. The fourth-order valence-corrected chi connectivity index (χ4v) is 1.75. The highest BCUT2D eigenvalue weighted by Gasteiger charge is 2.28. The first-order valence-corrected chi connectivity index (χ1v) is 6.34. The van der Waals surface area contributed by atoms with Crippen LogP contribution >= 0.6 is 11.6 Å². The van der Waals surface area contributed by atoms with Gasteiger partial charge >= 0.3 is 5.97 Å². The summed E-state index contributed by atoms with van der Waals surface area (Å²) in [6.07, 6.45) is 0.889. The maximum absolute atomic E-state index is 12.1. The second-order valence-corrected chi connectivity index (χ2v) is 4.89. The van der Waals surface area contributed by atoms with Crippen molar-refractivity contribution in [3.8, 4) is 0 Å². The van der Waals surface area contributed by atoms with E-state index in [1.54, 1.807) is 13.8 Å². The number of pyridine rings is 1. The van der Waals surface area contributed by atoms with Gasteiger partial charge in [-0.1, -0.05) is 25.4 Å². The maximum atomic E-state index is 12.1. The number of nitrogens with one attached hydrogen (secondary N) is 1. The quantitative estimate of drug-likeness (QED) is 0.382. The number of nitrogens with zero attached hydrogens (tertiary/aromatic N) is 2. The molecule has 0 bridgehead atoms. The van der Waals surface area contributed by atoms with Gasteiger partial charge in [0.1, 0.15) is 23.0 Å². The summed E-state index contributed by atoms with van der Waals surface area (Å²) in [6, 6.07) is 0.151. The standard InChI is InChI=1S/C12H14ClN3O5/c1-6(2)10(12(18)21-3)15-11(17)7-4-9(13)14-5-8(7)16(19)20/h4-6,10H,1-3H3,(H,15,17). The first kappa shape index (κ1) is 16.8. The normalized spacial score (nSPS) is 11.9. The number of ether oxygens (including phenoxy) is 1. The number of hydrogen-bond donors (Lipinski definition) is 1. The van der Waals surface area contributed by atoms with Gasteiger partial charge in [-0.2, -0.15) is 0 Å². The highest BCUT2D eigenvalue weighted by molar-refractivity contribution is 6.29. The molecular formula is C12H14ClN3O5. The third-order valence-electron chi connectivity index (χ3n) is 2.70. The Labute approximate surface area is 125 Å². The predicted octanol–water partition coefficient (Wildman–Crippen LogP) is 1.57. The summed E-state index contributed by atoms with van der Waals surface area (Å²) in [7, 11) is 1.19. The average Bonchev–Trinajstić information content (AvgIpc) is 2.42. The molecule has 0 aromatic carbocycles. The number of carbonyl (C=O) groups is 2. The van der Waals surface area contributed by atoms with Crippen LogP contribution in [0.25, 0.3) is 0 Å². The monoisotopic (exact) mass is 315 g/mol. The SMILES string of the molecule is COC(=O)C(NC(=O)c1cc(Cl)ncc1[N+](=O)[O-])C(C)C. The summed E-state index contributed by atoms with van der Waals surface area (Å²) < 4.78 is 4.59. The van der Waals surface area contributed by atoms with Crippen molar-refractivity contribution in [3.05, 3.63) is 33.1 Å². The zero-order valence-electron chi connectivity index (χ0n) is 11.6. The molecule has 1 aromatic heterocycles. The van der Waals surface area contributed by atoms with Crippen LogP contribution in [-0.4, -0.2) is 34.9 Å². The molecular weight excluding hydrogens is 302 g/mol. The van der Waals surface area contributed by atoms with Crippen LogP contribution in [0.2, 0.25) is 5.15 Å². The number of esters is 1. The summed E-state index contributed by atoms with van der Waals surface area (Å²) >= 11 is 5.65. The highest BCUT2D eigenvalue weighted by Crippen LogP contribution is 2.20. The Morgan fingerprint density at radius 2 is 2.10 bits per heavy atom. The van der Waals surface area contributed by atoms with E-state index < -0.39 is 28.5 Å². The molecule has 8 nitrogen and oxygen atoms in total. The lowest BCUT2D eigenvalue weighted by atomic mass is 10.0. The highest BCUT2D eigenvalue weighted by atomic mass is 35.5. The molecule has 0 saturated carbocycles. The Balaban J connectivity index is 3.11. The molecule has 0 aliphatic heterocycles. The molecule has 1 N–H and O–H groups in total. The minimum atomic E-state index is -0.922. The van der Waals surface area contributed by atoms with Crippen molar-refractivity contribution in [2.75, 3.05) is 7.11 Å². The van der Waals surface area contributed by atoms with Crippen molar-refractivity contribution in [3.63, 3.8) is 0 Å². The molecule has 9 heteroatoms. The van der Waals surface area contributed by atoms with Crippen molar-refractivity contribution >= 4 is 29.2 Å². The first-order chi connectivity index (χ1) is 9.77. The lowest BCUT2D eigenvalue weighted by Crippen LogP contribution is -2.45. The molecule has 1 unspecified atom stereocenters. The minimum Gasteiger partial charge on any atom is -0.467 e. The molecule has 1 rings (SSSR count). The van der Waals surface area contributed by atoms with Gasteiger partial charge < -0.3 is 10.1 Å². The van der Waals surface area contributed by atoms with E-state index in [0.717, 1.165) is 12.3 Å². The predicted molar refractivity (Wildman–Crippen MR) is 74.0 cm³/mol. The molecule has 1 heterocycles. The van der Waals surface area contributed by atoms with Gasteiger partial charge in [-0.05, 0) is 12.0 Å². The smallest absolute Gasteiger partial charge is 0.328 e. The molecule has 1 atom stereocenters. The van der Waals surface area contributed by atoms with E-state index in [1.807, 2.05) is 0 Å². The third kappa shape index (κ3) is 4.12. The molecule has 0 spiro atoms. The van der Waals surface area contributed by atoms with Crippen LogP contribution in [0.5, 0.6) is 0 Å². The van der Waals surface area contributed by atoms with Gasteiger partial charge in [0.15, 0.2) is 0 Å². The Morgan fingerprint density at radius 1 is 1.48 bits per heavy atom. The van der Waals surface area contributed by atoms with Crippen LogP contribution in [0.3, 0.4) is 0 Å². The third-order valence-corrected chi connectivity index (χ3v) is 2.91. The molecule has 114 valence electrons. The van der Waals surface area contributed by atoms with Gasteiger partial charge in [-0.3, -0.25) is 14.9 Å². The molecule has 0 saturated heterocycles. The summed E-state index contributed by atoms with van der Waals surface area (Å²) in [5.41, 5.74) is -0.765. The summed E-state index contributed by atoms with van der Waals surface area (Å²) in [5, 5.41) is 13.2. The molecule has 0 aliphatic carbocycles. The fourth-order valence-electron chi connectivity index (χ4n) is 1.59. The number of amides is 1. The number of hydrogen-bond acceptors (Lipinski definition) is 6. The number of nitro groups is 1. The number of carbonyl (C=O) groups excluding carboxylic acids is 2. The van der Waals surface area contributed by atoms with E-state index >= 15 is 0 Å². The minimum absolute atomic E-state index is 0.0649. The van der Waals surface area contributed by atoms with Crippen LogP contribution in [-0.2, 0) is 9.53 Å². The van der Waals surface area contributed by atoms with Gasteiger partial charge in [-0.25, -0.2) is 9.78 Å². The number of halogens is 1. The number of aromatic nitrogens is 1. The molecule has 0 fully saturated rings. The van der Waals surface area contributed by atoms with Crippen molar-refractivity contribution in [2.45, 2.75) is 19.9 Å². The molecule has 0 aliphatic rings. The topological polar surface area (TPSA) is 111 Å².